The zero-order chi connectivity index (χ0) is 10.2. The Morgan fingerprint density at radius 1 is 1.29 bits per heavy atom. The van der Waals surface area contributed by atoms with Gasteiger partial charge in [-0.05, 0) is 12.0 Å². The van der Waals surface area contributed by atoms with E-state index in [-0.39, 0.29) is 6.42 Å². The first-order chi connectivity index (χ1) is 6.79. The molecule has 0 aliphatic rings. The smallest absolute Gasteiger partial charge is 0.516 e. The number of rotatable bonds is 6. The summed E-state index contributed by atoms with van der Waals surface area (Å²) in [5, 5.41) is 6.68. The van der Waals surface area contributed by atoms with Crippen LogP contribution in [0, 0.1) is 0 Å². The van der Waals surface area contributed by atoms with Gasteiger partial charge in [-0.15, -0.1) is 0 Å². The molecule has 1 aromatic rings. The lowest BCUT2D eigenvalue weighted by Crippen LogP contribution is -2.00. The molecule has 0 aliphatic carbocycles. The average Bonchev–Trinajstić information content (AvgIpc) is 2.18. The Hall–Kier alpha value is -1.35. The predicted octanol–water partition coefficient (Wildman–Crippen LogP) is 1.23. The Kier molecular flexibility index (Phi) is 4.72. The highest BCUT2D eigenvalue weighted by Crippen LogP contribution is 2.01. The van der Waals surface area contributed by atoms with Crippen LogP contribution in [0.25, 0.3) is 0 Å². The number of hydrogen-bond acceptors (Lipinski definition) is 2. The largest absolute Gasteiger partial charge is 0.565 e. The van der Waals surface area contributed by atoms with E-state index in [9.17, 15) is 4.79 Å². The molecule has 1 rings (SSSR count). The van der Waals surface area contributed by atoms with Gasteiger partial charge < -0.3 is 9.84 Å². The van der Waals surface area contributed by atoms with Crippen LogP contribution >= 0.6 is 0 Å². The van der Waals surface area contributed by atoms with Crippen molar-refractivity contribution in [3.8, 4) is 0 Å². The maximum absolute atomic E-state index is 10.3. The molecule has 0 saturated carbocycles. The van der Waals surface area contributed by atoms with Gasteiger partial charge >= 0.3 is 5.97 Å². The van der Waals surface area contributed by atoms with E-state index in [2.05, 4.69) is 0 Å². The molecule has 0 fully saturated rings. The van der Waals surface area contributed by atoms with E-state index in [0.29, 0.717) is 19.6 Å². The number of benzene rings is 1. The van der Waals surface area contributed by atoms with Crippen molar-refractivity contribution in [2.45, 2.75) is 19.4 Å². The number of ether oxygens (including phenoxy) is 1. The molecule has 0 bridgehead atoms. The first kappa shape index (κ1) is 10.7. The second-order valence-corrected chi connectivity index (χ2v) is 3.06. The first-order valence-corrected chi connectivity index (χ1v) is 4.65. The van der Waals surface area contributed by atoms with Gasteiger partial charge in [0.2, 0.25) is 0 Å². The molecule has 0 aliphatic heterocycles. The third kappa shape index (κ3) is 4.62. The van der Waals surface area contributed by atoms with Crippen molar-refractivity contribution in [3.63, 3.8) is 0 Å². The third-order valence-electron chi connectivity index (χ3n) is 1.80. The lowest BCUT2D eigenvalue weighted by Gasteiger charge is -2.01. The second-order valence-electron chi connectivity index (χ2n) is 3.06. The van der Waals surface area contributed by atoms with Crippen LogP contribution in [0.1, 0.15) is 18.4 Å². The molecule has 0 amide bonds. The van der Waals surface area contributed by atoms with Crippen molar-refractivity contribution in [1.29, 1.82) is 0 Å². The molecular weight excluding hydrogens is 180 g/mol. The fourth-order valence-corrected chi connectivity index (χ4v) is 1.10. The summed E-state index contributed by atoms with van der Waals surface area (Å²) in [4.78, 5) is 10.3. The highest BCUT2D eigenvalue weighted by atomic mass is 16.5. The van der Waals surface area contributed by atoms with Crippen molar-refractivity contribution < 1.29 is 14.6 Å². The van der Waals surface area contributed by atoms with Gasteiger partial charge in [-0.1, -0.05) is 30.3 Å². The van der Waals surface area contributed by atoms with Gasteiger partial charge in [-0.3, -0.25) is 0 Å². The monoisotopic (exact) mass is 195 g/mol. The lowest BCUT2D eigenvalue weighted by atomic mass is 10.2. The SMILES string of the molecule is O=C([OH2+])CCCOCc1ccccc1. The van der Waals surface area contributed by atoms with Gasteiger partial charge in [-0.25, -0.2) is 0 Å². The summed E-state index contributed by atoms with van der Waals surface area (Å²) in [5.74, 6) is -0.520. The Bertz CT molecular complexity index is 269. The maximum Gasteiger partial charge on any atom is 0.516 e. The van der Waals surface area contributed by atoms with Gasteiger partial charge in [0.25, 0.3) is 0 Å². The minimum absolute atomic E-state index is 0.286. The maximum atomic E-state index is 10.3. The Morgan fingerprint density at radius 3 is 2.64 bits per heavy atom. The van der Waals surface area contributed by atoms with Crippen LogP contribution in [0.4, 0.5) is 0 Å². The van der Waals surface area contributed by atoms with Crippen molar-refractivity contribution in [2.24, 2.45) is 0 Å². The van der Waals surface area contributed by atoms with Gasteiger partial charge in [-0.2, -0.15) is 0 Å². The molecule has 0 heterocycles. The van der Waals surface area contributed by atoms with Crippen LogP contribution in [0.5, 0.6) is 0 Å². The Labute approximate surface area is 83.3 Å². The zero-order valence-electron chi connectivity index (χ0n) is 8.03. The van der Waals surface area contributed by atoms with Crippen LogP contribution in [0.2, 0.25) is 0 Å². The minimum Gasteiger partial charge on any atom is -0.565 e. The third-order valence-corrected chi connectivity index (χ3v) is 1.80. The molecule has 2 N–H and O–H groups in total. The molecule has 0 spiro atoms. The molecule has 3 heteroatoms. The molecule has 0 radical (unpaired) electrons. The summed E-state index contributed by atoms with van der Waals surface area (Å²) < 4.78 is 5.33. The topological polar surface area (TPSA) is 49.2 Å². The molecule has 0 aromatic heterocycles. The second kappa shape index (κ2) is 6.16. The van der Waals surface area contributed by atoms with Crippen LogP contribution in [-0.4, -0.2) is 17.7 Å². The lowest BCUT2D eigenvalue weighted by molar-refractivity contribution is -0.137. The molecule has 1 aromatic carbocycles. The summed E-state index contributed by atoms with van der Waals surface area (Å²) >= 11 is 0. The summed E-state index contributed by atoms with van der Waals surface area (Å²) in [6.07, 6.45) is 0.921. The van der Waals surface area contributed by atoms with Crippen LogP contribution in [-0.2, 0) is 16.1 Å². The van der Waals surface area contributed by atoms with E-state index in [1.165, 1.54) is 0 Å². The summed E-state index contributed by atoms with van der Waals surface area (Å²) in [5.41, 5.74) is 1.13. The predicted molar refractivity (Wildman–Crippen MR) is 54.0 cm³/mol. The van der Waals surface area contributed by atoms with E-state index in [1.807, 2.05) is 30.3 Å². The van der Waals surface area contributed by atoms with Crippen molar-refractivity contribution in [2.75, 3.05) is 6.61 Å². The van der Waals surface area contributed by atoms with Crippen LogP contribution in [0.3, 0.4) is 0 Å². The highest BCUT2D eigenvalue weighted by Gasteiger charge is 2.03. The standard InChI is InChI=1S/C11H14O3/c12-11(13)7-4-8-14-9-10-5-2-1-3-6-10/h1-3,5-6H,4,7-9H2,(H,12,13)/p+1. The minimum atomic E-state index is -0.520. The summed E-state index contributed by atoms with van der Waals surface area (Å²) in [6.45, 7) is 1.12. The first-order valence-electron chi connectivity index (χ1n) is 4.65. The normalized spacial score (nSPS) is 10.0. The average molecular weight is 195 g/mol. The molecular formula is C11H15O3+. The van der Waals surface area contributed by atoms with Gasteiger partial charge in [0.15, 0.2) is 0 Å². The molecule has 3 nitrogen and oxygen atoms in total. The van der Waals surface area contributed by atoms with Gasteiger partial charge in [0.05, 0.1) is 6.61 Å². The van der Waals surface area contributed by atoms with E-state index < -0.39 is 5.97 Å². The molecule has 76 valence electrons. The molecule has 0 atom stereocenters. The van der Waals surface area contributed by atoms with E-state index in [1.54, 1.807) is 0 Å². The summed E-state index contributed by atoms with van der Waals surface area (Å²) in [6, 6.07) is 9.88. The fraction of sp³-hybridized carbons (Fsp3) is 0.364. The quantitative estimate of drug-likeness (QED) is 0.506. The zero-order valence-corrected chi connectivity index (χ0v) is 8.03. The summed E-state index contributed by atoms with van der Waals surface area (Å²) in [7, 11) is 0. The van der Waals surface area contributed by atoms with E-state index in [0.717, 1.165) is 5.56 Å². The van der Waals surface area contributed by atoms with Crippen molar-refractivity contribution in [3.05, 3.63) is 35.9 Å². The Morgan fingerprint density at radius 2 is 2.00 bits per heavy atom. The van der Waals surface area contributed by atoms with E-state index >= 15 is 0 Å². The van der Waals surface area contributed by atoms with Crippen molar-refractivity contribution in [1.82, 2.24) is 0 Å². The number of carbonyl (C=O) groups excluding carboxylic acids is 1. The molecule has 14 heavy (non-hydrogen) atoms. The van der Waals surface area contributed by atoms with E-state index in [4.69, 9.17) is 9.84 Å². The van der Waals surface area contributed by atoms with Gasteiger partial charge in [0.1, 0.15) is 6.42 Å². The number of hydrogen-bond donors (Lipinski definition) is 0. The number of carbonyl (C=O) groups is 1. The van der Waals surface area contributed by atoms with Crippen LogP contribution < -0.4 is 0 Å². The molecule has 0 saturated heterocycles. The van der Waals surface area contributed by atoms with Gasteiger partial charge in [0, 0.05) is 11.4 Å². The Balaban J connectivity index is 2.08. The highest BCUT2D eigenvalue weighted by molar-refractivity contribution is 5.66. The molecule has 0 unspecified atom stereocenters. The fourth-order valence-electron chi connectivity index (χ4n) is 1.10. The van der Waals surface area contributed by atoms with Crippen molar-refractivity contribution >= 4 is 5.97 Å². The van der Waals surface area contributed by atoms with Crippen LogP contribution in [0.15, 0.2) is 30.3 Å².